The molecule has 2 heteroatoms. The Balaban J connectivity index is 1.99. The van der Waals surface area contributed by atoms with Crippen LogP contribution in [0.2, 0.25) is 0 Å². The molecule has 0 amide bonds. The van der Waals surface area contributed by atoms with E-state index in [0.29, 0.717) is 5.56 Å². The minimum Gasteiger partial charge on any atom is -0.306 e. The molecule has 2 aromatic rings. The van der Waals surface area contributed by atoms with E-state index in [1.165, 1.54) is 5.56 Å². The van der Waals surface area contributed by atoms with Crippen LogP contribution >= 0.6 is 0 Å². The van der Waals surface area contributed by atoms with E-state index in [4.69, 9.17) is 5.26 Å². The fourth-order valence-electron chi connectivity index (χ4n) is 1.86. The minimum absolute atomic E-state index is 0.235. The highest BCUT2D eigenvalue weighted by molar-refractivity contribution is 5.34. The molecule has 0 fully saturated rings. The summed E-state index contributed by atoms with van der Waals surface area (Å²) >= 11 is 0. The van der Waals surface area contributed by atoms with Crippen molar-refractivity contribution in [3.8, 4) is 6.07 Å². The summed E-state index contributed by atoms with van der Waals surface area (Å²) in [6.07, 6.45) is 0. The smallest absolute Gasteiger partial charge is 0.0991 e. The van der Waals surface area contributed by atoms with Gasteiger partial charge in [-0.1, -0.05) is 42.5 Å². The Morgan fingerprint density at radius 1 is 1.11 bits per heavy atom. The van der Waals surface area contributed by atoms with E-state index in [2.05, 4.69) is 30.4 Å². The van der Waals surface area contributed by atoms with Crippen molar-refractivity contribution >= 4 is 0 Å². The number of benzene rings is 2. The van der Waals surface area contributed by atoms with E-state index >= 15 is 0 Å². The maximum absolute atomic E-state index is 8.88. The monoisotopic (exact) mass is 236 g/mol. The van der Waals surface area contributed by atoms with Crippen molar-refractivity contribution in [1.29, 1.82) is 5.26 Å². The van der Waals surface area contributed by atoms with E-state index in [-0.39, 0.29) is 6.04 Å². The first kappa shape index (κ1) is 12.3. The average molecular weight is 236 g/mol. The van der Waals surface area contributed by atoms with Gasteiger partial charge < -0.3 is 5.32 Å². The molecule has 1 unspecified atom stereocenters. The molecule has 18 heavy (non-hydrogen) atoms. The Morgan fingerprint density at radius 2 is 1.89 bits per heavy atom. The molecule has 0 aliphatic rings. The molecule has 0 saturated heterocycles. The first-order chi connectivity index (χ1) is 8.79. The molecular formula is C16H16N2. The molecule has 0 heterocycles. The van der Waals surface area contributed by atoms with Crippen molar-refractivity contribution in [2.75, 3.05) is 0 Å². The van der Waals surface area contributed by atoms with Crippen molar-refractivity contribution in [1.82, 2.24) is 5.32 Å². The van der Waals surface area contributed by atoms with Crippen LogP contribution < -0.4 is 5.32 Å². The fraction of sp³-hybridized carbons (Fsp3) is 0.188. The van der Waals surface area contributed by atoms with E-state index in [0.717, 1.165) is 12.1 Å². The molecule has 90 valence electrons. The standard InChI is InChI=1S/C16H16N2/c1-13(16-9-5-8-15(10-16)11-17)18-12-14-6-3-2-4-7-14/h2-10,13,18H,12H2,1H3. The van der Waals surface area contributed by atoms with Gasteiger partial charge in [0.2, 0.25) is 0 Å². The quantitative estimate of drug-likeness (QED) is 0.883. The van der Waals surface area contributed by atoms with Gasteiger partial charge in [-0.3, -0.25) is 0 Å². The number of hydrogen-bond donors (Lipinski definition) is 1. The van der Waals surface area contributed by atoms with E-state index in [1.807, 2.05) is 42.5 Å². The summed E-state index contributed by atoms with van der Waals surface area (Å²) in [4.78, 5) is 0. The van der Waals surface area contributed by atoms with Crippen LogP contribution in [0, 0.1) is 11.3 Å². The predicted molar refractivity (Wildman–Crippen MR) is 72.9 cm³/mol. The molecule has 0 aliphatic carbocycles. The zero-order chi connectivity index (χ0) is 12.8. The van der Waals surface area contributed by atoms with Gasteiger partial charge in [-0.15, -0.1) is 0 Å². The van der Waals surface area contributed by atoms with Crippen LogP contribution in [0.4, 0.5) is 0 Å². The number of hydrogen-bond acceptors (Lipinski definition) is 2. The van der Waals surface area contributed by atoms with E-state index in [1.54, 1.807) is 0 Å². The summed E-state index contributed by atoms with van der Waals surface area (Å²) in [6, 6.07) is 20.4. The Kier molecular flexibility index (Phi) is 4.11. The van der Waals surface area contributed by atoms with Crippen molar-refractivity contribution in [2.45, 2.75) is 19.5 Å². The molecule has 1 atom stereocenters. The Bertz CT molecular complexity index is 541. The molecule has 0 radical (unpaired) electrons. The van der Waals surface area contributed by atoms with Gasteiger partial charge in [-0.05, 0) is 30.2 Å². The summed E-state index contributed by atoms with van der Waals surface area (Å²) in [6.45, 7) is 2.94. The van der Waals surface area contributed by atoms with Crippen LogP contribution in [0.25, 0.3) is 0 Å². The second-order valence-corrected chi connectivity index (χ2v) is 4.33. The van der Waals surface area contributed by atoms with Gasteiger partial charge in [-0.25, -0.2) is 0 Å². The molecule has 1 N–H and O–H groups in total. The van der Waals surface area contributed by atoms with Gasteiger partial charge in [0.25, 0.3) is 0 Å². The normalized spacial score (nSPS) is 11.8. The highest BCUT2D eigenvalue weighted by Gasteiger charge is 2.05. The zero-order valence-electron chi connectivity index (χ0n) is 10.4. The molecule has 0 spiro atoms. The van der Waals surface area contributed by atoms with Crippen molar-refractivity contribution < 1.29 is 0 Å². The van der Waals surface area contributed by atoms with Gasteiger partial charge >= 0.3 is 0 Å². The van der Waals surface area contributed by atoms with Crippen LogP contribution in [0.3, 0.4) is 0 Å². The Morgan fingerprint density at radius 3 is 2.61 bits per heavy atom. The van der Waals surface area contributed by atoms with Crippen LogP contribution in [0.1, 0.15) is 29.7 Å². The second-order valence-electron chi connectivity index (χ2n) is 4.33. The van der Waals surface area contributed by atoms with E-state index in [9.17, 15) is 0 Å². The van der Waals surface area contributed by atoms with Crippen molar-refractivity contribution in [2.24, 2.45) is 0 Å². The lowest BCUT2D eigenvalue weighted by Gasteiger charge is -2.14. The first-order valence-electron chi connectivity index (χ1n) is 6.07. The molecule has 2 nitrogen and oxygen atoms in total. The maximum atomic E-state index is 8.88. The predicted octanol–water partition coefficient (Wildman–Crippen LogP) is 3.41. The summed E-state index contributed by atoms with van der Waals surface area (Å²) in [7, 11) is 0. The summed E-state index contributed by atoms with van der Waals surface area (Å²) in [5.74, 6) is 0. The highest BCUT2D eigenvalue weighted by atomic mass is 14.9. The Hall–Kier alpha value is -2.11. The Labute approximate surface area is 108 Å². The number of nitrogens with zero attached hydrogens (tertiary/aromatic N) is 1. The minimum atomic E-state index is 0.235. The number of nitriles is 1. The van der Waals surface area contributed by atoms with Gasteiger partial charge in [0.05, 0.1) is 11.6 Å². The maximum Gasteiger partial charge on any atom is 0.0991 e. The van der Waals surface area contributed by atoms with Gasteiger partial charge in [0, 0.05) is 12.6 Å². The molecule has 0 aliphatic heterocycles. The fourth-order valence-corrected chi connectivity index (χ4v) is 1.86. The van der Waals surface area contributed by atoms with Gasteiger partial charge in [0.1, 0.15) is 0 Å². The summed E-state index contributed by atoms with van der Waals surface area (Å²) in [5, 5.41) is 12.3. The third-order valence-electron chi connectivity index (χ3n) is 2.97. The van der Waals surface area contributed by atoms with Crippen molar-refractivity contribution in [3.63, 3.8) is 0 Å². The highest BCUT2D eigenvalue weighted by Crippen LogP contribution is 2.14. The number of rotatable bonds is 4. The third-order valence-corrected chi connectivity index (χ3v) is 2.97. The molecule has 0 bridgehead atoms. The molecule has 0 saturated carbocycles. The lowest BCUT2D eigenvalue weighted by Crippen LogP contribution is -2.18. The molecule has 2 aromatic carbocycles. The second kappa shape index (κ2) is 6.00. The third kappa shape index (κ3) is 3.19. The zero-order valence-corrected chi connectivity index (χ0v) is 10.4. The van der Waals surface area contributed by atoms with Crippen LogP contribution in [-0.2, 0) is 6.54 Å². The largest absolute Gasteiger partial charge is 0.306 e. The first-order valence-corrected chi connectivity index (χ1v) is 6.07. The lowest BCUT2D eigenvalue weighted by molar-refractivity contribution is 0.574. The van der Waals surface area contributed by atoms with Crippen LogP contribution in [0.5, 0.6) is 0 Å². The lowest BCUT2D eigenvalue weighted by atomic mass is 10.1. The molecule has 0 aromatic heterocycles. The molecular weight excluding hydrogens is 220 g/mol. The SMILES string of the molecule is CC(NCc1ccccc1)c1cccc(C#N)c1. The van der Waals surface area contributed by atoms with Crippen LogP contribution in [-0.4, -0.2) is 0 Å². The van der Waals surface area contributed by atoms with E-state index < -0.39 is 0 Å². The topological polar surface area (TPSA) is 35.8 Å². The molecule has 2 rings (SSSR count). The van der Waals surface area contributed by atoms with Crippen molar-refractivity contribution in [3.05, 3.63) is 71.3 Å². The van der Waals surface area contributed by atoms with Crippen LogP contribution in [0.15, 0.2) is 54.6 Å². The average Bonchev–Trinajstić information content (AvgIpc) is 2.46. The number of nitrogens with one attached hydrogen (secondary N) is 1. The van der Waals surface area contributed by atoms with Gasteiger partial charge in [0.15, 0.2) is 0 Å². The summed E-state index contributed by atoms with van der Waals surface area (Å²) in [5.41, 5.74) is 3.12. The van der Waals surface area contributed by atoms with Gasteiger partial charge in [-0.2, -0.15) is 5.26 Å². The summed E-state index contributed by atoms with van der Waals surface area (Å²) < 4.78 is 0.